The minimum atomic E-state index is -4.78. The van der Waals surface area contributed by atoms with Crippen molar-refractivity contribution in [3.05, 3.63) is 88.6 Å². The maximum absolute atomic E-state index is 12.8. The normalized spacial score (nSPS) is 11.1. The molecule has 0 spiro atoms. The lowest BCUT2D eigenvalue weighted by Gasteiger charge is -2.11. The fourth-order valence-corrected chi connectivity index (χ4v) is 2.52. The molecule has 0 bridgehead atoms. The number of hydrogen-bond acceptors (Lipinski definition) is 4. The minimum absolute atomic E-state index is 0.331. The second kappa shape index (κ2) is 8.59. The molecule has 2 aromatic heterocycles. The largest absolute Gasteiger partial charge is 0.489 e. The lowest BCUT2D eigenvalue weighted by molar-refractivity contribution is -0.139. The van der Waals surface area contributed by atoms with Crippen molar-refractivity contribution in [2.75, 3.05) is 5.32 Å². The van der Waals surface area contributed by atoms with Crippen LogP contribution < -0.4 is 15.6 Å². The van der Waals surface area contributed by atoms with Gasteiger partial charge in [-0.3, -0.25) is 14.6 Å². The summed E-state index contributed by atoms with van der Waals surface area (Å²) < 4.78 is 44.7. The molecule has 0 saturated heterocycles. The number of carbonyl (C=O) groups excluding carboxylic acids is 1. The van der Waals surface area contributed by atoms with Gasteiger partial charge in [0.05, 0.1) is 0 Å². The molecule has 0 atom stereocenters. The summed E-state index contributed by atoms with van der Waals surface area (Å²) in [6.07, 6.45) is -0.298. The molecular formula is C20H16F3N3O3. The first kappa shape index (κ1) is 20.1. The van der Waals surface area contributed by atoms with Crippen LogP contribution in [0.2, 0.25) is 0 Å². The van der Waals surface area contributed by atoms with Crippen molar-refractivity contribution >= 4 is 11.6 Å². The van der Waals surface area contributed by atoms with E-state index in [0.717, 1.165) is 17.8 Å². The zero-order valence-electron chi connectivity index (χ0n) is 15.0. The van der Waals surface area contributed by atoms with Crippen LogP contribution >= 0.6 is 0 Å². The second-order valence-electron chi connectivity index (χ2n) is 6.08. The molecule has 0 aliphatic carbocycles. The van der Waals surface area contributed by atoms with Crippen LogP contribution in [0.4, 0.5) is 18.9 Å². The number of halogens is 3. The van der Waals surface area contributed by atoms with Crippen LogP contribution in [0.15, 0.2) is 71.9 Å². The number of hydrogen-bond donors (Lipinski definition) is 1. The Hall–Kier alpha value is -3.62. The Labute approximate surface area is 163 Å². The predicted octanol–water partition coefficient (Wildman–Crippen LogP) is 3.48. The van der Waals surface area contributed by atoms with E-state index >= 15 is 0 Å². The molecule has 0 saturated carbocycles. The number of nitrogens with zero attached hydrogens (tertiary/aromatic N) is 2. The van der Waals surface area contributed by atoms with Gasteiger partial charge >= 0.3 is 6.18 Å². The van der Waals surface area contributed by atoms with Gasteiger partial charge in [0.1, 0.15) is 24.5 Å². The van der Waals surface area contributed by atoms with E-state index in [1.54, 1.807) is 42.7 Å². The average molecular weight is 403 g/mol. The smallest absolute Gasteiger partial charge is 0.421 e. The molecule has 9 heteroatoms. The number of ether oxygens (including phenoxy) is 1. The summed E-state index contributed by atoms with van der Waals surface area (Å²) in [4.78, 5) is 28.0. The summed E-state index contributed by atoms with van der Waals surface area (Å²) in [5.41, 5.74) is -1.27. The summed E-state index contributed by atoms with van der Waals surface area (Å²) in [5, 5.41) is 2.53. The molecule has 6 nitrogen and oxygen atoms in total. The maximum atomic E-state index is 12.8. The van der Waals surface area contributed by atoms with Crippen molar-refractivity contribution < 1.29 is 22.7 Å². The standard InChI is InChI=1S/C20H16F3N3O3/c21-20(22,23)17-4-2-10-26(19(17)28)12-18(27)25-15-5-7-16(8-6-15)29-13-14-3-1-9-24-11-14/h1-11H,12-13H2,(H,25,27). The van der Waals surface area contributed by atoms with E-state index in [1.807, 2.05) is 6.07 Å². The summed E-state index contributed by atoms with van der Waals surface area (Å²) in [6.45, 7) is -0.208. The van der Waals surface area contributed by atoms with E-state index in [9.17, 15) is 22.8 Å². The highest BCUT2D eigenvalue weighted by Gasteiger charge is 2.34. The zero-order valence-corrected chi connectivity index (χ0v) is 15.0. The number of aromatic nitrogens is 2. The molecule has 2 heterocycles. The van der Waals surface area contributed by atoms with Crippen LogP contribution in [0.1, 0.15) is 11.1 Å². The van der Waals surface area contributed by atoms with Crippen molar-refractivity contribution in [1.29, 1.82) is 0 Å². The number of nitrogens with one attached hydrogen (secondary N) is 1. The van der Waals surface area contributed by atoms with Crippen LogP contribution in [0, 0.1) is 0 Å². The van der Waals surface area contributed by atoms with E-state index < -0.39 is 29.8 Å². The first-order valence-corrected chi connectivity index (χ1v) is 8.51. The van der Waals surface area contributed by atoms with Gasteiger partial charge in [-0.2, -0.15) is 13.2 Å². The molecule has 3 rings (SSSR count). The van der Waals surface area contributed by atoms with Gasteiger partial charge < -0.3 is 14.6 Å². The third-order valence-corrected chi connectivity index (χ3v) is 3.91. The highest BCUT2D eigenvalue weighted by Crippen LogP contribution is 2.26. The van der Waals surface area contributed by atoms with E-state index in [1.165, 1.54) is 0 Å². The fourth-order valence-electron chi connectivity index (χ4n) is 2.52. The molecule has 0 fully saturated rings. The third kappa shape index (κ3) is 5.44. The van der Waals surface area contributed by atoms with Gasteiger partial charge in [-0.15, -0.1) is 0 Å². The first-order valence-electron chi connectivity index (χ1n) is 8.51. The third-order valence-electron chi connectivity index (χ3n) is 3.91. The summed E-state index contributed by atoms with van der Waals surface area (Å²) >= 11 is 0. The zero-order chi connectivity index (χ0) is 20.9. The Bertz CT molecular complexity index is 1030. The topological polar surface area (TPSA) is 73.2 Å². The molecule has 3 aromatic rings. The molecular weight excluding hydrogens is 387 g/mol. The molecule has 0 radical (unpaired) electrons. The van der Waals surface area contributed by atoms with Crippen molar-refractivity contribution in [1.82, 2.24) is 9.55 Å². The van der Waals surface area contributed by atoms with Crippen LogP contribution in [0.25, 0.3) is 0 Å². The first-order chi connectivity index (χ1) is 13.8. The predicted molar refractivity (Wildman–Crippen MR) is 99.3 cm³/mol. The molecule has 150 valence electrons. The van der Waals surface area contributed by atoms with E-state index in [0.29, 0.717) is 28.7 Å². The second-order valence-corrected chi connectivity index (χ2v) is 6.08. The van der Waals surface area contributed by atoms with Crippen LogP contribution in [0.5, 0.6) is 5.75 Å². The average Bonchev–Trinajstić information content (AvgIpc) is 2.69. The lowest BCUT2D eigenvalue weighted by atomic mass is 10.2. The number of carbonyl (C=O) groups is 1. The van der Waals surface area contributed by atoms with Crippen LogP contribution in [-0.4, -0.2) is 15.5 Å². The SMILES string of the molecule is O=C(Cn1cccc(C(F)(F)F)c1=O)Nc1ccc(OCc2cccnc2)cc1. The molecule has 1 amide bonds. The quantitative estimate of drug-likeness (QED) is 0.684. The number of pyridine rings is 2. The van der Waals surface area contributed by atoms with E-state index in [-0.39, 0.29) is 0 Å². The molecule has 29 heavy (non-hydrogen) atoms. The Kier molecular flexibility index (Phi) is 5.96. The molecule has 0 aliphatic heterocycles. The number of benzene rings is 1. The molecule has 1 aromatic carbocycles. The summed E-state index contributed by atoms with van der Waals surface area (Å²) in [7, 11) is 0. The van der Waals surface area contributed by atoms with Crippen molar-refractivity contribution in [3.8, 4) is 5.75 Å². The van der Waals surface area contributed by atoms with Crippen LogP contribution in [-0.2, 0) is 24.1 Å². The van der Waals surface area contributed by atoms with Crippen molar-refractivity contribution in [2.24, 2.45) is 0 Å². The van der Waals surface area contributed by atoms with Gasteiger partial charge in [0.15, 0.2) is 0 Å². The van der Waals surface area contributed by atoms with Gasteiger partial charge in [-0.1, -0.05) is 6.07 Å². The highest BCUT2D eigenvalue weighted by molar-refractivity contribution is 5.90. The fraction of sp³-hybridized carbons (Fsp3) is 0.150. The Balaban J connectivity index is 1.59. The monoisotopic (exact) mass is 403 g/mol. The minimum Gasteiger partial charge on any atom is -0.489 e. The van der Waals surface area contributed by atoms with Gasteiger partial charge in [0, 0.05) is 29.8 Å². The lowest BCUT2D eigenvalue weighted by Crippen LogP contribution is -2.31. The molecule has 1 N–H and O–H groups in total. The van der Waals surface area contributed by atoms with E-state index in [4.69, 9.17) is 4.74 Å². The summed E-state index contributed by atoms with van der Waals surface area (Å²) in [6, 6.07) is 11.9. The summed E-state index contributed by atoms with van der Waals surface area (Å²) in [5.74, 6) is -0.0589. The van der Waals surface area contributed by atoms with Gasteiger partial charge in [0.2, 0.25) is 5.91 Å². The van der Waals surface area contributed by atoms with Crippen LogP contribution in [0.3, 0.4) is 0 Å². The van der Waals surface area contributed by atoms with Gasteiger partial charge in [-0.25, -0.2) is 0 Å². The highest BCUT2D eigenvalue weighted by atomic mass is 19.4. The van der Waals surface area contributed by atoms with Gasteiger partial charge in [-0.05, 0) is 42.5 Å². The van der Waals surface area contributed by atoms with Crippen molar-refractivity contribution in [2.45, 2.75) is 19.3 Å². The maximum Gasteiger partial charge on any atom is 0.421 e. The Morgan fingerprint density at radius 3 is 2.52 bits per heavy atom. The Morgan fingerprint density at radius 2 is 1.86 bits per heavy atom. The number of anilines is 1. The molecule has 0 unspecified atom stereocenters. The number of rotatable bonds is 6. The number of amides is 1. The Morgan fingerprint density at radius 1 is 1.10 bits per heavy atom. The van der Waals surface area contributed by atoms with Crippen molar-refractivity contribution in [3.63, 3.8) is 0 Å². The molecule has 0 aliphatic rings. The van der Waals surface area contributed by atoms with Gasteiger partial charge in [0.25, 0.3) is 5.56 Å². The van der Waals surface area contributed by atoms with E-state index in [2.05, 4.69) is 10.3 Å². The number of alkyl halides is 3.